The van der Waals surface area contributed by atoms with E-state index in [0.29, 0.717) is 0 Å². The Morgan fingerprint density at radius 2 is 2.21 bits per heavy atom. The van der Waals surface area contributed by atoms with Crippen molar-refractivity contribution < 1.29 is 14.3 Å². The minimum absolute atomic E-state index is 0.120. The molecule has 0 radical (unpaired) electrons. The van der Waals surface area contributed by atoms with E-state index in [0.717, 1.165) is 0 Å². The number of aliphatic carboxylic acids is 1. The molecule has 0 saturated heterocycles. The first-order chi connectivity index (χ1) is 9.16. The third-order valence-corrected chi connectivity index (χ3v) is 2.77. The van der Waals surface area contributed by atoms with E-state index in [-0.39, 0.29) is 17.2 Å². The predicted octanol–water partition coefficient (Wildman–Crippen LogP) is -0.539. The fourth-order valence-corrected chi connectivity index (χ4v) is 1.91. The van der Waals surface area contributed by atoms with Gasteiger partial charge in [0.25, 0.3) is 0 Å². The molecule has 19 heavy (non-hydrogen) atoms. The first-order valence-electron chi connectivity index (χ1n) is 5.39. The smallest absolute Gasteiger partial charge is 0.248 e. The van der Waals surface area contributed by atoms with Crippen molar-refractivity contribution in [3.8, 4) is 0 Å². The molecule has 0 aliphatic carbocycles. The van der Waals surface area contributed by atoms with Gasteiger partial charge in [-0.05, 0) is 22.6 Å². The lowest BCUT2D eigenvalue weighted by Gasteiger charge is -2.23. The molecule has 1 aromatic carbocycles. The maximum absolute atomic E-state index is 13.8. The number of benzene rings is 1. The molecule has 1 aromatic heterocycles. The molecule has 1 atom stereocenters. The number of tetrazole rings is 1. The van der Waals surface area contributed by atoms with Crippen molar-refractivity contribution in [2.75, 3.05) is 5.32 Å². The van der Waals surface area contributed by atoms with Crippen LogP contribution in [0.1, 0.15) is 11.6 Å². The lowest BCUT2D eigenvalue weighted by molar-refractivity contribution is -0.299. The molecule has 0 bridgehead atoms. The van der Waals surface area contributed by atoms with E-state index in [9.17, 15) is 14.3 Å². The number of rotatable bonds is 2. The second-order valence-corrected chi connectivity index (χ2v) is 3.91. The van der Waals surface area contributed by atoms with Crippen LogP contribution in [0.5, 0.6) is 0 Å². The number of allylic oxidation sites excluding steroid dienone is 1. The van der Waals surface area contributed by atoms with Crippen molar-refractivity contribution in [3.05, 3.63) is 47.4 Å². The topological polar surface area (TPSA) is 95.8 Å². The van der Waals surface area contributed by atoms with Gasteiger partial charge in [-0.25, -0.2) is 4.39 Å². The average molecular weight is 260 g/mol. The summed E-state index contributed by atoms with van der Waals surface area (Å²) in [6.07, 6.45) is 1.30. The van der Waals surface area contributed by atoms with Crippen LogP contribution in [-0.4, -0.2) is 26.2 Å². The standard InChI is InChI=1S/C11H8FN5O2/c12-7-4-2-1-3-6(7)9-5-8(10(18)19)13-11-14-15-16-17(9)11/h1-5,9H,(H,18,19)(H,13,14,16)/p-1/t9-/m1/s1. The van der Waals surface area contributed by atoms with Crippen LogP contribution in [0.4, 0.5) is 10.3 Å². The quantitative estimate of drug-likeness (QED) is 0.779. The molecule has 96 valence electrons. The normalized spacial score (nSPS) is 17.3. The molecular weight excluding hydrogens is 253 g/mol. The van der Waals surface area contributed by atoms with Crippen molar-refractivity contribution in [1.82, 2.24) is 20.2 Å². The first kappa shape index (κ1) is 11.3. The Morgan fingerprint density at radius 3 is 2.95 bits per heavy atom. The number of carbonyl (C=O) groups excluding carboxylic acids is 1. The Hall–Kier alpha value is -2.77. The summed E-state index contributed by atoms with van der Waals surface area (Å²) in [4.78, 5) is 10.9. The summed E-state index contributed by atoms with van der Waals surface area (Å²) in [6, 6.07) is 5.29. The Bertz CT molecular complexity index is 681. The first-order valence-corrected chi connectivity index (χ1v) is 5.39. The van der Waals surface area contributed by atoms with Crippen molar-refractivity contribution in [3.63, 3.8) is 0 Å². The largest absolute Gasteiger partial charge is 0.543 e. The van der Waals surface area contributed by atoms with Crippen molar-refractivity contribution in [1.29, 1.82) is 0 Å². The molecule has 3 rings (SSSR count). The molecule has 7 nitrogen and oxygen atoms in total. The number of carboxylic acids is 1. The molecule has 0 spiro atoms. The van der Waals surface area contributed by atoms with E-state index >= 15 is 0 Å². The van der Waals surface area contributed by atoms with E-state index in [2.05, 4.69) is 20.8 Å². The van der Waals surface area contributed by atoms with Gasteiger partial charge in [-0.2, -0.15) is 4.68 Å². The highest BCUT2D eigenvalue weighted by Crippen LogP contribution is 2.28. The summed E-state index contributed by atoms with van der Waals surface area (Å²) in [5, 5.41) is 24.2. The van der Waals surface area contributed by atoms with Gasteiger partial charge in [0.2, 0.25) is 5.95 Å². The van der Waals surface area contributed by atoms with E-state index in [4.69, 9.17) is 0 Å². The molecule has 0 saturated carbocycles. The number of hydrogen-bond acceptors (Lipinski definition) is 6. The highest BCUT2D eigenvalue weighted by Gasteiger charge is 2.25. The number of nitrogens with zero attached hydrogens (tertiary/aromatic N) is 4. The average Bonchev–Trinajstić information content (AvgIpc) is 2.86. The molecule has 8 heteroatoms. The summed E-state index contributed by atoms with van der Waals surface area (Å²) in [7, 11) is 0. The second kappa shape index (κ2) is 4.16. The van der Waals surface area contributed by atoms with E-state index in [1.54, 1.807) is 18.2 Å². The van der Waals surface area contributed by atoms with Gasteiger partial charge in [0.1, 0.15) is 11.9 Å². The van der Waals surface area contributed by atoms with E-state index in [1.165, 1.54) is 16.8 Å². The fourth-order valence-electron chi connectivity index (χ4n) is 1.91. The summed E-state index contributed by atoms with van der Waals surface area (Å²) < 4.78 is 15.1. The minimum Gasteiger partial charge on any atom is -0.543 e. The van der Waals surface area contributed by atoms with Gasteiger partial charge < -0.3 is 15.2 Å². The van der Waals surface area contributed by atoms with Crippen LogP contribution in [0.25, 0.3) is 0 Å². The SMILES string of the molecule is O=C([O-])C1=C[C@H](c2ccccc2F)n2nnnc2N1. The van der Waals surface area contributed by atoms with Gasteiger partial charge in [-0.1, -0.05) is 23.3 Å². The van der Waals surface area contributed by atoms with Crippen LogP contribution in [-0.2, 0) is 4.79 Å². The Kier molecular flexibility index (Phi) is 2.48. The number of hydrogen-bond donors (Lipinski definition) is 1. The number of halogens is 1. The van der Waals surface area contributed by atoms with Gasteiger partial charge in [0.15, 0.2) is 0 Å². The van der Waals surface area contributed by atoms with Gasteiger partial charge in [-0.15, -0.1) is 0 Å². The van der Waals surface area contributed by atoms with Crippen LogP contribution in [0, 0.1) is 5.82 Å². The highest BCUT2D eigenvalue weighted by molar-refractivity contribution is 5.88. The molecular formula is C11H7FN5O2-. The predicted molar refractivity (Wildman–Crippen MR) is 59.1 cm³/mol. The summed E-state index contributed by atoms with van der Waals surface area (Å²) in [5.74, 6) is -1.75. The number of anilines is 1. The number of fused-ring (bicyclic) bond motifs is 1. The molecule has 2 heterocycles. The zero-order chi connectivity index (χ0) is 13.4. The van der Waals surface area contributed by atoms with Crippen molar-refractivity contribution in [2.45, 2.75) is 6.04 Å². The Morgan fingerprint density at radius 1 is 1.42 bits per heavy atom. The number of aromatic nitrogens is 4. The highest BCUT2D eigenvalue weighted by atomic mass is 19.1. The monoisotopic (exact) mass is 260 g/mol. The maximum Gasteiger partial charge on any atom is 0.248 e. The van der Waals surface area contributed by atoms with Gasteiger partial charge in [0.05, 0.1) is 11.7 Å². The van der Waals surface area contributed by atoms with Crippen molar-refractivity contribution in [2.24, 2.45) is 0 Å². The Balaban J connectivity index is 2.15. The molecule has 0 unspecified atom stereocenters. The van der Waals surface area contributed by atoms with E-state index < -0.39 is 17.8 Å². The van der Waals surface area contributed by atoms with Crippen LogP contribution < -0.4 is 10.4 Å². The number of carbonyl (C=O) groups is 1. The molecule has 2 aromatic rings. The third-order valence-electron chi connectivity index (χ3n) is 2.77. The molecule has 1 N–H and O–H groups in total. The second-order valence-electron chi connectivity index (χ2n) is 3.91. The zero-order valence-electron chi connectivity index (χ0n) is 9.45. The number of nitrogens with one attached hydrogen (secondary N) is 1. The third kappa shape index (κ3) is 1.82. The van der Waals surface area contributed by atoms with Crippen LogP contribution in [0.2, 0.25) is 0 Å². The lowest BCUT2D eigenvalue weighted by atomic mass is 10.0. The zero-order valence-corrected chi connectivity index (χ0v) is 9.45. The fraction of sp³-hybridized carbons (Fsp3) is 0.0909. The summed E-state index contributed by atoms with van der Waals surface area (Å²) >= 11 is 0. The maximum atomic E-state index is 13.8. The summed E-state index contributed by atoms with van der Waals surface area (Å²) in [6.45, 7) is 0. The van der Waals surface area contributed by atoms with Gasteiger partial charge in [0, 0.05) is 5.56 Å². The van der Waals surface area contributed by atoms with Crippen LogP contribution in [0.3, 0.4) is 0 Å². The summed E-state index contributed by atoms with van der Waals surface area (Å²) in [5.41, 5.74) is 0.0758. The van der Waals surface area contributed by atoms with Gasteiger partial charge >= 0.3 is 0 Å². The molecule has 0 amide bonds. The molecule has 0 fully saturated rings. The molecule has 1 aliphatic heterocycles. The van der Waals surface area contributed by atoms with E-state index in [1.807, 2.05) is 0 Å². The van der Waals surface area contributed by atoms with Crippen LogP contribution in [0.15, 0.2) is 36.0 Å². The van der Waals surface area contributed by atoms with Gasteiger partial charge in [-0.3, -0.25) is 0 Å². The van der Waals surface area contributed by atoms with Crippen molar-refractivity contribution >= 4 is 11.9 Å². The Labute approximate surface area is 106 Å². The minimum atomic E-state index is -1.41. The lowest BCUT2D eigenvalue weighted by Crippen LogP contribution is -2.33. The van der Waals surface area contributed by atoms with Crippen LogP contribution >= 0.6 is 0 Å². The molecule has 1 aliphatic rings. The number of carboxylic acid groups (broad SMARTS) is 1.